The van der Waals surface area contributed by atoms with Crippen LogP contribution in [0, 0.1) is 30.6 Å². The van der Waals surface area contributed by atoms with Crippen molar-refractivity contribution in [2.45, 2.75) is 74.1 Å². The van der Waals surface area contributed by atoms with Gasteiger partial charge in [-0.05, 0) is 65.7 Å². The lowest BCUT2D eigenvalue weighted by Crippen LogP contribution is -2.52. The van der Waals surface area contributed by atoms with Crippen LogP contribution >= 0.6 is 0 Å². The molecule has 0 radical (unpaired) electrons. The first-order chi connectivity index (χ1) is 12.6. The number of rotatable bonds is 2. The molecule has 28 heavy (non-hydrogen) atoms. The molecule has 0 fully saturated rings. The summed E-state index contributed by atoms with van der Waals surface area (Å²) in [7, 11) is 1.61. The Morgan fingerprint density at radius 1 is 1.11 bits per heavy atom. The molecule has 0 saturated heterocycles. The van der Waals surface area contributed by atoms with Crippen molar-refractivity contribution in [3.8, 4) is 0 Å². The Morgan fingerprint density at radius 3 is 2.18 bits per heavy atom. The van der Waals surface area contributed by atoms with Crippen LogP contribution < -0.4 is 0 Å². The van der Waals surface area contributed by atoms with Gasteiger partial charge in [0.05, 0.1) is 5.71 Å². The van der Waals surface area contributed by atoms with Crippen LogP contribution in [0.2, 0.25) is 0 Å². The third-order valence-corrected chi connectivity index (χ3v) is 8.17. The molecule has 0 saturated carbocycles. The Morgan fingerprint density at radius 2 is 1.68 bits per heavy atom. The van der Waals surface area contributed by atoms with Crippen LogP contribution in [-0.4, -0.2) is 29.5 Å². The molecule has 1 amide bonds. The maximum absolute atomic E-state index is 13.5. The monoisotopic (exact) mass is 382 g/mol. The van der Waals surface area contributed by atoms with Gasteiger partial charge in [-0.15, -0.1) is 0 Å². The predicted octanol–water partition coefficient (Wildman–Crippen LogP) is 4.84. The third kappa shape index (κ3) is 2.53. The number of ketones is 1. The summed E-state index contributed by atoms with van der Waals surface area (Å²) < 4.78 is 0. The lowest BCUT2D eigenvalue weighted by atomic mass is 9.46. The van der Waals surface area contributed by atoms with Crippen molar-refractivity contribution in [1.29, 1.82) is 0 Å². The highest BCUT2D eigenvalue weighted by atomic mass is 16.2. The van der Waals surface area contributed by atoms with E-state index in [0.717, 1.165) is 17.5 Å². The molecule has 2 aliphatic rings. The molecule has 1 aliphatic carbocycles. The van der Waals surface area contributed by atoms with Gasteiger partial charge in [0.1, 0.15) is 5.92 Å². The number of benzene rings is 1. The van der Waals surface area contributed by atoms with Gasteiger partial charge in [-0.2, -0.15) is 5.10 Å². The van der Waals surface area contributed by atoms with E-state index in [4.69, 9.17) is 0 Å². The van der Waals surface area contributed by atoms with Crippen molar-refractivity contribution in [2.24, 2.45) is 21.8 Å². The first kappa shape index (κ1) is 20.8. The van der Waals surface area contributed by atoms with Gasteiger partial charge >= 0.3 is 0 Å². The molecule has 0 spiro atoms. The largest absolute Gasteiger partial charge is 0.293 e. The van der Waals surface area contributed by atoms with E-state index in [1.165, 1.54) is 16.1 Å². The molecule has 1 heterocycles. The van der Waals surface area contributed by atoms with E-state index in [0.29, 0.717) is 11.3 Å². The van der Waals surface area contributed by atoms with Gasteiger partial charge in [0.25, 0.3) is 5.91 Å². The molecule has 1 aliphatic heterocycles. The van der Waals surface area contributed by atoms with E-state index in [1.807, 2.05) is 6.92 Å². The number of carbonyl (C=O) groups is 2. The maximum atomic E-state index is 13.5. The standard InChI is InChI=1S/C24H34N2O2/c1-13-11-16-12-22(4,5)24(8,9)23(6,7)19(16)14(2)17(13)20(27)18-15(3)25-26(10)21(18)28/h11,18H,12H2,1-10H3. The van der Waals surface area contributed by atoms with E-state index in [-0.39, 0.29) is 27.9 Å². The zero-order valence-electron chi connectivity index (χ0n) is 19.1. The number of hydrogen-bond acceptors (Lipinski definition) is 3. The Hall–Kier alpha value is -1.97. The fourth-order valence-corrected chi connectivity index (χ4v) is 5.47. The smallest absolute Gasteiger partial charge is 0.259 e. The third-order valence-electron chi connectivity index (χ3n) is 8.17. The van der Waals surface area contributed by atoms with Crippen LogP contribution in [0.25, 0.3) is 0 Å². The van der Waals surface area contributed by atoms with Gasteiger partial charge in [0.15, 0.2) is 5.78 Å². The van der Waals surface area contributed by atoms with Gasteiger partial charge in [0.2, 0.25) is 0 Å². The topological polar surface area (TPSA) is 49.7 Å². The van der Waals surface area contributed by atoms with Crippen molar-refractivity contribution in [1.82, 2.24) is 5.01 Å². The number of carbonyl (C=O) groups excluding carboxylic acids is 2. The first-order valence-corrected chi connectivity index (χ1v) is 10.2. The van der Waals surface area contributed by atoms with Gasteiger partial charge in [-0.3, -0.25) is 9.59 Å². The van der Waals surface area contributed by atoms with E-state index in [2.05, 4.69) is 59.6 Å². The Kier molecular flexibility index (Phi) is 4.46. The van der Waals surface area contributed by atoms with Crippen LogP contribution in [0.3, 0.4) is 0 Å². The molecule has 3 rings (SSSR count). The average molecular weight is 383 g/mol. The Bertz CT molecular complexity index is 919. The molecule has 1 aromatic rings. The van der Waals surface area contributed by atoms with Crippen molar-refractivity contribution < 1.29 is 9.59 Å². The van der Waals surface area contributed by atoms with E-state index in [9.17, 15) is 9.59 Å². The second kappa shape index (κ2) is 6.01. The van der Waals surface area contributed by atoms with Gasteiger partial charge in [-0.25, -0.2) is 5.01 Å². The molecule has 0 N–H and O–H groups in total. The molecule has 4 heteroatoms. The van der Waals surface area contributed by atoms with E-state index < -0.39 is 5.92 Å². The van der Waals surface area contributed by atoms with Crippen LogP contribution in [0.1, 0.15) is 81.1 Å². The van der Waals surface area contributed by atoms with E-state index >= 15 is 0 Å². The van der Waals surface area contributed by atoms with Gasteiger partial charge < -0.3 is 0 Å². The van der Waals surface area contributed by atoms with Crippen LogP contribution in [0.15, 0.2) is 11.2 Å². The van der Waals surface area contributed by atoms with Gasteiger partial charge in [0, 0.05) is 12.6 Å². The van der Waals surface area contributed by atoms with Crippen LogP contribution in [-0.2, 0) is 16.6 Å². The summed E-state index contributed by atoms with van der Waals surface area (Å²) in [6.07, 6.45) is 0.987. The minimum atomic E-state index is -0.795. The van der Waals surface area contributed by atoms with Crippen LogP contribution in [0.4, 0.5) is 0 Å². The van der Waals surface area contributed by atoms with Crippen molar-refractivity contribution in [3.05, 3.63) is 33.9 Å². The van der Waals surface area contributed by atoms with Gasteiger partial charge in [-0.1, -0.05) is 47.6 Å². The zero-order valence-corrected chi connectivity index (χ0v) is 19.1. The quantitative estimate of drug-likeness (QED) is 0.543. The fourth-order valence-electron chi connectivity index (χ4n) is 5.47. The SMILES string of the molecule is CC1=NN(C)C(=O)C1C(=O)c1c(C)cc2c(c1C)C(C)(C)C(C)(C)C(C)(C)C2. The molecule has 152 valence electrons. The Balaban J connectivity index is 2.23. The number of aryl methyl sites for hydroxylation is 1. The summed E-state index contributed by atoms with van der Waals surface area (Å²) in [5.74, 6) is -1.15. The number of Topliss-reactive ketones (excluding diaryl/α,β-unsaturated/α-hetero) is 1. The number of nitrogens with zero attached hydrogens (tertiary/aromatic N) is 2. The molecule has 0 aromatic heterocycles. The number of hydrazone groups is 1. The summed E-state index contributed by atoms with van der Waals surface area (Å²) in [5.41, 5.74) is 5.97. The summed E-state index contributed by atoms with van der Waals surface area (Å²) in [6, 6.07) is 2.18. The Labute approximate surface area is 169 Å². The van der Waals surface area contributed by atoms with Crippen LogP contribution in [0.5, 0.6) is 0 Å². The zero-order chi connectivity index (χ0) is 21.4. The minimum absolute atomic E-state index is 0.0497. The van der Waals surface area contributed by atoms with E-state index in [1.54, 1.807) is 14.0 Å². The maximum Gasteiger partial charge on any atom is 0.259 e. The average Bonchev–Trinajstić information content (AvgIpc) is 2.77. The number of hydrogen-bond donors (Lipinski definition) is 0. The summed E-state index contributed by atoms with van der Waals surface area (Å²) >= 11 is 0. The normalized spacial score (nSPS) is 24.8. The first-order valence-electron chi connectivity index (χ1n) is 10.2. The minimum Gasteiger partial charge on any atom is -0.293 e. The van der Waals surface area contributed by atoms with Crippen molar-refractivity contribution in [3.63, 3.8) is 0 Å². The second-order valence-electron chi connectivity index (χ2n) is 10.4. The van der Waals surface area contributed by atoms with Crippen molar-refractivity contribution in [2.75, 3.05) is 7.05 Å². The molecule has 0 bridgehead atoms. The molecule has 4 nitrogen and oxygen atoms in total. The summed E-state index contributed by atoms with van der Waals surface area (Å²) in [4.78, 5) is 26.1. The molecular formula is C24H34N2O2. The summed E-state index contributed by atoms with van der Waals surface area (Å²) in [5, 5.41) is 5.48. The highest BCUT2D eigenvalue weighted by Gasteiger charge is 2.54. The molecular weight excluding hydrogens is 348 g/mol. The lowest BCUT2D eigenvalue weighted by Gasteiger charge is -2.57. The highest BCUT2D eigenvalue weighted by molar-refractivity contribution is 6.27. The highest BCUT2D eigenvalue weighted by Crippen LogP contribution is 2.59. The molecule has 1 atom stereocenters. The summed E-state index contributed by atoms with van der Waals surface area (Å²) in [6.45, 7) is 19.8. The lowest BCUT2D eigenvalue weighted by molar-refractivity contribution is -0.129. The van der Waals surface area contributed by atoms with Crippen molar-refractivity contribution >= 4 is 17.4 Å². The molecule has 1 unspecified atom stereocenters. The number of fused-ring (bicyclic) bond motifs is 1. The number of amides is 1. The second-order valence-corrected chi connectivity index (χ2v) is 10.4. The molecule has 1 aromatic carbocycles. The fraction of sp³-hybridized carbons (Fsp3) is 0.625. The predicted molar refractivity (Wildman–Crippen MR) is 114 cm³/mol.